The minimum Gasteiger partial charge on any atom is -0.481 e. The van der Waals surface area contributed by atoms with Gasteiger partial charge >= 0.3 is 11.9 Å². The maximum Gasteiger partial charge on any atom is 0.326 e. The number of rotatable bonds is 12. The molecule has 1 amide bonds. The van der Waals surface area contributed by atoms with Gasteiger partial charge in [0, 0.05) is 24.0 Å². The van der Waals surface area contributed by atoms with E-state index in [2.05, 4.69) is 15.3 Å². The molecule has 3 aromatic heterocycles. The van der Waals surface area contributed by atoms with Crippen molar-refractivity contribution in [1.29, 1.82) is 0 Å². The standard InChI is InChI=1S/C21H25N5O6S/c22-21-24-13-9-11-26(17(13)19(30)25-21)10-3-1-2-4-12-5-7-15(33-12)18(29)23-14(20(31)32)6-8-16(27)28/h5,7,9,11,14H,1-4,6,8,10H2,(H,23,29)(H,27,28)(H,31,32)(H3,22,24,25,30)/t14-/m0/s1. The monoisotopic (exact) mass is 475 g/mol. The van der Waals surface area contributed by atoms with Gasteiger partial charge in [-0.05, 0) is 43.9 Å². The quantitative estimate of drug-likeness (QED) is 0.246. The molecule has 0 radical (unpaired) electrons. The zero-order valence-corrected chi connectivity index (χ0v) is 18.6. The molecule has 33 heavy (non-hydrogen) atoms. The number of carbonyl (C=O) groups excluding carboxylic acids is 1. The summed E-state index contributed by atoms with van der Waals surface area (Å²) in [4.78, 5) is 54.3. The molecule has 176 valence electrons. The predicted octanol–water partition coefficient (Wildman–Crippen LogP) is 1.83. The normalized spacial score (nSPS) is 12.0. The number of aromatic amines is 1. The summed E-state index contributed by atoms with van der Waals surface area (Å²) in [7, 11) is 0. The third-order valence-electron chi connectivity index (χ3n) is 5.10. The zero-order chi connectivity index (χ0) is 24.0. The van der Waals surface area contributed by atoms with Crippen LogP contribution in [0.5, 0.6) is 0 Å². The van der Waals surface area contributed by atoms with Crippen molar-refractivity contribution >= 4 is 46.2 Å². The number of carboxylic acids is 2. The number of nitrogen functional groups attached to an aromatic ring is 1. The van der Waals surface area contributed by atoms with Gasteiger partial charge in [0.1, 0.15) is 11.6 Å². The second kappa shape index (κ2) is 10.8. The fourth-order valence-electron chi connectivity index (χ4n) is 3.46. The van der Waals surface area contributed by atoms with Gasteiger partial charge in [-0.15, -0.1) is 11.3 Å². The van der Waals surface area contributed by atoms with Crippen molar-refractivity contribution in [2.45, 2.75) is 51.1 Å². The Labute approximate surface area is 192 Å². The molecule has 0 saturated carbocycles. The fourth-order valence-corrected chi connectivity index (χ4v) is 4.42. The molecule has 3 aromatic rings. The molecule has 0 bridgehead atoms. The van der Waals surface area contributed by atoms with E-state index in [1.807, 2.05) is 16.8 Å². The second-order valence-corrected chi connectivity index (χ2v) is 8.74. The average molecular weight is 476 g/mol. The third-order valence-corrected chi connectivity index (χ3v) is 6.24. The van der Waals surface area contributed by atoms with Crippen LogP contribution in [-0.2, 0) is 22.6 Å². The lowest BCUT2D eigenvalue weighted by Crippen LogP contribution is -2.40. The Balaban J connectivity index is 1.45. The van der Waals surface area contributed by atoms with Gasteiger partial charge in [0.05, 0.1) is 10.4 Å². The van der Waals surface area contributed by atoms with Gasteiger partial charge in [-0.25, -0.2) is 9.78 Å². The fraction of sp³-hybridized carbons (Fsp3) is 0.381. The van der Waals surface area contributed by atoms with E-state index >= 15 is 0 Å². The van der Waals surface area contributed by atoms with Crippen LogP contribution in [0.2, 0.25) is 0 Å². The van der Waals surface area contributed by atoms with Gasteiger partial charge in [0.2, 0.25) is 5.95 Å². The molecule has 11 nitrogen and oxygen atoms in total. The number of aryl methyl sites for hydroxylation is 2. The Morgan fingerprint density at radius 2 is 1.97 bits per heavy atom. The van der Waals surface area contributed by atoms with E-state index in [0.29, 0.717) is 22.5 Å². The number of anilines is 1. The minimum absolute atomic E-state index is 0.0907. The maximum absolute atomic E-state index is 12.3. The number of amides is 1. The predicted molar refractivity (Wildman–Crippen MR) is 122 cm³/mol. The molecule has 0 fully saturated rings. The third kappa shape index (κ3) is 6.42. The highest BCUT2D eigenvalue weighted by Gasteiger charge is 2.22. The highest BCUT2D eigenvalue weighted by atomic mass is 32.1. The second-order valence-electron chi connectivity index (χ2n) is 7.57. The number of nitrogens with one attached hydrogen (secondary N) is 2. The van der Waals surface area contributed by atoms with Gasteiger partial charge < -0.3 is 25.8 Å². The van der Waals surface area contributed by atoms with E-state index < -0.39 is 23.9 Å². The Bertz CT molecular complexity index is 1210. The van der Waals surface area contributed by atoms with E-state index in [9.17, 15) is 24.3 Å². The van der Waals surface area contributed by atoms with E-state index in [4.69, 9.17) is 10.8 Å². The first kappa shape index (κ1) is 24.0. The number of thiophene rings is 1. The number of H-pyrrole nitrogens is 1. The van der Waals surface area contributed by atoms with Crippen LogP contribution in [0, 0.1) is 0 Å². The first-order valence-electron chi connectivity index (χ1n) is 10.4. The number of aliphatic carboxylic acids is 2. The summed E-state index contributed by atoms with van der Waals surface area (Å²) in [5, 5.41) is 20.3. The minimum atomic E-state index is -1.27. The summed E-state index contributed by atoms with van der Waals surface area (Å²) in [6, 6.07) is 3.99. The number of carbonyl (C=O) groups is 3. The van der Waals surface area contributed by atoms with Crippen molar-refractivity contribution in [3.8, 4) is 0 Å². The van der Waals surface area contributed by atoms with Crippen LogP contribution in [0.4, 0.5) is 5.95 Å². The van der Waals surface area contributed by atoms with E-state index in [1.54, 1.807) is 12.1 Å². The molecule has 3 heterocycles. The molecule has 1 atom stereocenters. The molecular weight excluding hydrogens is 450 g/mol. The Hall–Kier alpha value is -3.67. The van der Waals surface area contributed by atoms with E-state index in [0.717, 1.165) is 30.6 Å². The lowest BCUT2D eigenvalue weighted by Gasteiger charge is -2.12. The van der Waals surface area contributed by atoms with Crippen molar-refractivity contribution < 1.29 is 24.6 Å². The molecule has 0 spiro atoms. The number of carboxylic acid groups (broad SMARTS) is 2. The van der Waals surface area contributed by atoms with Gasteiger partial charge in [-0.2, -0.15) is 0 Å². The first-order valence-corrected chi connectivity index (χ1v) is 11.2. The summed E-state index contributed by atoms with van der Waals surface area (Å²) < 4.78 is 1.86. The molecule has 0 unspecified atom stereocenters. The molecule has 0 aliphatic heterocycles. The van der Waals surface area contributed by atoms with Crippen molar-refractivity contribution in [2.24, 2.45) is 0 Å². The van der Waals surface area contributed by atoms with Gasteiger partial charge in [-0.3, -0.25) is 19.4 Å². The van der Waals surface area contributed by atoms with Gasteiger partial charge in [0.15, 0.2) is 0 Å². The molecule has 6 N–H and O–H groups in total. The SMILES string of the molecule is Nc1nc2ccn(CCCCCc3ccc(C(=O)N[C@@H](CCC(=O)O)C(=O)O)s3)c2c(=O)[nH]1. The Kier molecular flexibility index (Phi) is 7.83. The van der Waals surface area contributed by atoms with Crippen LogP contribution in [-0.4, -0.2) is 48.6 Å². The number of aromatic nitrogens is 3. The number of nitrogens with zero attached hydrogens (tertiary/aromatic N) is 2. The summed E-state index contributed by atoms with van der Waals surface area (Å²) in [5.41, 5.74) is 6.36. The average Bonchev–Trinajstić information content (AvgIpc) is 3.37. The molecule has 0 saturated heterocycles. The summed E-state index contributed by atoms with van der Waals surface area (Å²) in [5.74, 6) is -2.82. The van der Waals surface area contributed by atoms with Gasteiger partial charge in [-0.1, -0.05) is 6.42 Å². The highest BCUT2D eigenvalue weighted by molar-refractivity contribution is 7.14. The summed E-state index contributed by atoms with van der Waals surface area (Å²) in [6.07, 6.45) is 4.72. The molecule has 0 aliphatic rings. The van der Waals surface area contributed by atoms with Crippen LogP contribution >= 0.6 is 11.3 Å². The highest BCUT2D eigenvalue weighted by Crippen LogP contribution is 2.20. The van der Waals surface area contributed by atoms with E-state index in [-0.39, 0.29) is 24.3 Å². The molecule has 0 aliphatic carbocycles. The Morgan fingerprint density at radius 1 is 1.18 bits per heavy atom. The number of hydrogen-bond acceptors (Lipinski definition) is 7. The van der Waals surface area contributed by atoms with Crippen LogP contribution < -0.4 is 16.6 Å². The number of fused-ring (bicyclic) bond motifs is 1. The van der Waals surface area contributed by atoms with Gasteiger partial charge in [0.25, 0.3) is 11.5 Å². The van der Waals surface area contributed by atoms with Crippen LogP contribution in [0.1, 0.15) is 46.7 Å². The van der Waals surface area contributed by atoms with Crippen molar-refractivity contribution in [3.05, 3.63) is 44.5 Å². The smallest absolute Gasteiger partial charge is 0.326 e. The number of hydrogen-bond donors (Lipinski definition) is 5. The Morgan fingerprint density at radius 3 is 2.70 bits per heavy atom. The molecule has 0 aromatic carbocycles. The van der Waals surface area contributed by atoms with Crippen LogP contribution in [0.15, 0.2) is 29.2 Å². The van der Waals surface area contributed by atoms with Crippen molar-refractivity contribution in [2.75, 3.05) is 5.73 Å². The molecule has 12 heteroatoms. The molecule has 3 rings (SSSR count). The zero-order valence-electron chi connectivity index (χ0n) is 17.7. The summed E-state index contributed by atoms with van der Waals surface area (Å²) in [6.45, 7) is 0.670. The molecular formula is C21H25N5O6S. The van der Waals surface area contributed by atoms with Crippen LogP contribution in [0.25, 0.3) is 11.0 Å². The lowest BCUT2D eigenvalue weighted by molar-refractivity contribution is -0.140. The number of unbranched alkanes of at least 4 members (excludes halogenated alkanes) is 2. The summed E-state index contributed by atoms with van der Waals surface area (Å²) >= 11 is 1.29. The lowest BCUT2D eigenvalue weighted by atomic mass is 10.1. The largest absolute Gasteiger partial charge is 0.481 e. The van der Waals surface area contributed by atoms with Crippen molar-refractivity contribution in [3.63, 3.8) is 0 Å². The van der Waals surface area contributed by atoms with Crippen LogP contribution in [0.3, 0.4) is 0 Å². The first-order chi connectivity index (χ1) is 15.7. The van der Waals surface area contributed by atoms with E-state index in [1.165, 1.54) is 11.3 Å². The van der Waals surface area contributed by atoms with Crippen molar-refractivity contribution in [1.82, 2.24) is 19.9 Å². The topological polar surface area (TPSA) is 180 Å². The number of nitrogens with two attached hydrogens (primary N) is 1. The maximum atomic E-state index is 12.3.